The van der Waals surface area contributed by atoms with E-state index < -0.39 is 5.97 Å². The zero-order valence-corrected chi connectivity index (χ0v) is 12.2. The van der Waals surface area contributed by atoms with E-state index in [2.05, 4.69) is 41.2 Å². The Morgan fingerprint density at radius 1 is 1.44 bits per heavy atom. The van der Waals surface area contributed by atoms with Crippen molar-refractivity contribution in [1.29, 1.82) is 0 Å². The molecule has 0 amide bonds. The highest BCUT2D eigenvalue weighted by atomic mass is 79.9. The third kappa shape index (κ3) is 4.63. The van der Waals surface area contributed by atoms with E-state index in [9.17, 15) is 4.79 Å². The first-order valence-corrected chi connectivity index (χ1v) is 6.58. The van der Waals surface area contributed by atoms with Crippen LogP contribution in [0, 0.1) is 0 Å². The minimum Gasteiger partial charge on any atom is -0.478 e. The van der Waals surface area contributed by atoms with Crippen molar-refractivity contribution in [3.8, 4) is 0 Å². The van der Waals surface area contributed by atoms with Gasteiger partial charge in [0.05, 0.1) is 0 Å². The van der Waals surface area contributed by atoms with Crippen LogP contribution in [0.25, 0.3) is 0 Å². The van der Waals surface area contributed by atoms with E-state index >= 15 is 0 Å². The van der Waals surface area contributed by atoms with E-state index in [1.54, 1.807) is 6.08 Å². The Hall–Kier alpha value is -1.13. The summed E-state index contributed by atoms with van der Waals surface area (Å²) in [6, 6.07) is 8.14. The second kappa shape index (κ2) is 6.71. The summed E-state index contributed by atoms with van der Waals surface area (Å²) >= 11 is 3.55. The van der Waals surface area contributed by atoms with Gasteiger partial charge in [-0.05, 0) is 11.6 Å². The number of rotatable bonds is 6. The van der Waals surface area contributed by atoms with Gasteiger partial charge in [-0.3, -0.25) is 0 Å². The number of carboxylic acid groups (broad SMARTS) is 1. The standard InChI is InChI=1S/C14H18BrNO2/c1-14(2,10-16-9-5-8-13(17)18)11-6-3-4-7-12(11)15/h3-8,16H,9-10H2,1-2H3,(H,17,18)/b8-5+. The second-order valence-electron chi connectivity index (χ2n) is 4.74. The molecule has 0 bridgehead atoms. The number of hydrogen-bond donors (Lipinski definition) is 2. The maximum atomic E-state index is 10.3. The van der Waals surface area contributed by atoms with Gasteiger partial charge in [0.1, 0.15) is 0 Å². The average Bonchev–Trinajstić information content (AvgIpc) is 2.28. The topological polar surface area (TPSA) is 49.3 Å². The SMILES string of the molecule is CC(C)(CNC/C=C/C(=O)O)c1ccccc1Br. The van der Waals surface area contributed by atoms with Crippen LogP contribution in [-0.4, -0.2) is 24.2 Å². The van der Waals surface area contributed by atoms with Gasteiger partial charge in [-0.2, -0.15) is 0 Å². The Morgan fingerprint density at radius 2 is 2.11 bits per heavy atom. The second-order valence-corrected chi connectivity index (χ2v) is 5.59. The number of nitrogens with one attached hydrogen (secondary N) is 1. The molecule has 1 aromatic rings. The van der Waals surface area contributed by atoms with Gasteiger partial charge in [0, 0.05) is 29.1 Å². The summed E-state index contributed by atoms with van der Waals surface area (Å²) in [5.41, 5.74) is 1.22. The molecular formula is C14H18BrNO2. The predicted octanol–water partition coefficient (Wildman–Crippen LogP) is 2.96. The van der Waals surface area contributed by atoms with Gasteiger partial charge in [-0.1, -0.05) is 54.1 Å². The van der Waals surface area contributed by atoms with Crippen molar-refractivity contribution in [1.82, 2.24) is 5.32 Å². The molecular weight excluding hydrogens is 294 g/mol. The molecule has 0 aliphatic heterocycles. The lowest BCUT2D eigenvalue weighted by Crippen LogP contribution is -2.33. The first-order chi connectivity index (χ1) is 8.43. The molecule has 98 valence electrons. The van der Waals surface area contributed by atoms with Crippen LogP contribution >= 0.6 is 15.9 Å². The molecule has 3 nitrogen and oxygen atoms in total. The molecule has 0 aliphatic carbocycles. The van der Waals surface area contributed by atoms with E-state index in [1.807, 2.05) is 18.2 Å². The molecule has 0 unspecified atom stereocenters. The minimum atomic E-state index is -0.915. The number of hydrogen-bond acceptors (Lipinski definition) is 2. The number of benzene rings is 1. The molecule has 2 N–H and O–H groups in total. The largest absolute Gasteiger partial charge is 0.478 e. The Morgan fingerprint density at radius 3 is 2.72 bits per heavy atom. The Balaban J connectivity index is 2.55. The lowest BCUT2D eigenvalue weighted by molar-refractivity contribution is -0.131. The molecule has 0 saturated heterocycles. The fourth-order valence-corrected chi connectivity index (χ4v) is 2.55. The fraction of sp³-hybridized carbons (Fsp3) is 0.357. The third-order valence-electron chi connectivity index (χ3n) is 2.69. The summed E-state index contributed by atoms with van der Waals surface area (Å²) in [7, 11) is 0. The monoisotopic (exact) mass is 311 g/mol. The van der Waals surface area contributed by atoms with Crippen molar-refractivity contribution in [3.05, 3.63) is 46.5 Å². The zero-order valence-electron chi connectivity index (χ0n) is 10.6. The van der Waals surface area contributed by atoms with Crippen LogP contribution in [0.15, 0.2) is 40.9 Å². The minimum absolute atomic E-state index is 0.0167. The van der Waals surface area contributed by atoms with Crippen LogP contribution in [0.4, 0.5) is 0 Å². The smallest absolute Gasteiger partial charge is 0.328 e. The quantitative estimate of drug-likeness (QED) is 0.627. The van der Waals surface area contributed by atoms with Gasteiger partial charge >= 0.3 is 5.97 Å². The van der Waals surface area contributed by atoms with Crippen molar-refractivity contribution in [3.63, 3.8) is 0 Å². The molecule has 0 spiro atoms. The summed E-state index contributed by atoms with van der Waals surface area (Å²) in [6.45, 7) is 5.64. The van der Waals surface area contributed by atoms with Gasteiger partial charge in [0.25, 0.3) is 0 Å². The third-order valence-corrected chi connectivity index (χ3v) is 3.38. The lowest BCUT2D eigenvalue weighted by atomic mass is 9.84. The van der Waals surface area contributed by atoms with Crippen LogP contribution in [0.2, 0.25) is 0 Å². The van der Waals surface area contributed by atoms with Crippen LogP contribution in [0.1, 0.15) is 19.4 Å². The first kappa shape index (κ1) is 14.9. The molecule has 0 aliphatic rings. The Bertz CT molecular complexity index is 441. The van der Waals surface area contributed by atoms with Crippen LogP contribution in [-0.2, 0) is 10.2 Å². The van der Waals surface area contributed by atoms with E-state index in [0.29, 0.717) is 6.54 Å². The molecule has 1 rings (SSSR count). The van der Waals surface area contributed by atoms with Crippen molar-refractivity contribution in [2.75, 3.05) is 13.1 Å². The van der Waals surface area contributed by atoms with Crippen LogP contribution < -0.4 is 5.32 Å². The van der Waals surface area contributed by atoms with Gasteiger partial charge in [-0.25, -0.2) is 4.79 Å². The molecule has 0 heterocycles. The van der Waals surface area contributed by atoms with E-state index in [1.165, 1.54) is 5.56 Å². The maximum absolute atomic E-state index is 10.3. The highest BCUT2D eigenvalue weighted by Gasteiger charge is 2.21. The van der Waals surface area contributed by atoms with Gasteiger partial charge in [0.15, 0.2) is 0 Å². The van der Waals surface area contributed by atoms with E-state index in [-0.39, 0.29) is 5.41 Å². The van der Waals surface area contributed by atoms with Crippen molar-refractivity contribution >= 4 is 21.9 Å². The Kier molecular flexibility index (Phi) is 5.56. The van der Waals surface area contributed by atoms with Crippen molar-refractivity contribution < 1.29 is 9.90 Å². The Labute approximate surface area is 116 Å². The molecule has 0 saturated carbocycles. The number of carboxylic acids is 1. The molecule has 1 aromatic carbocycles. The van der Waals surface area contributed by atoms with Crippen molar-refractivity contribution in [2.45, 2.75) is 19.3 Å². The summed E-state index contributed by atoms with van der Waals surface area (Å²) in [5, 5.41) is 11.7. The summed E-state index contributed by atoms with van der Waals surface area (Å²) in [4.78, 5) is 10.3. The van der Waals surface area contributed by atoms with Gasteiger partial charge in [-0.15, -0.1) is 0 Å². The predicted molar refractivity (Wildman–Crippen MR) is 76.8 cm³/mol. The summed E-state index contributed by atoms with van der Waals surface area (Å²) in [6.07, 6.45) is 2.76. The normalized spacial score (nSPS) is 11.9. The highest BCUT2D eigenvalue weighted by molar-refractivity contribution is 9.10. The number of halogens is 1. The molecule has 0 fully saturated rings. The van der Waals surface area contributed by atoms with E-state index in [4.69, 9.17) is 5.11 Å². The van der Waals surface area contributed by atoms with Gasteiger partial charge < -0.3 is 10.4 Å². The average molecular weight is 312 g/mol. The fourth-order valence-electron chi connectivity index (χ4n) is 1.73. The van der Waals surface area contributed by atoms with Crippen LogP contribution in [0.5, 0.6) is 0 Å². The molecule has 0 radical (unpaired) electrons. The summed E-state index contributed by atoms with van der Waals surface area (Å²) in [5.74, 6) is -0.915. The van der Waals surface area contributed by atoms with E-state index in [0.717, 1.165) is 17.1 Å². The molecule has 18 heavy (non-hydrogen) atoms. The van der Waals surface area contributed by atoms with Gasteiger partial charge in [0.2, 0.25) is 0 Å². The van der Waals surface area contributed by atoms with Crippen molar-refractivity contribution in [2.24, 2.45) is 0 Å². The molecule has 0 atom stereocenters. The van der Waals surface area contributed by atoms with Crippen LogP contribution in [0.3, 0.4) is 0 Å². The number of carbonyl (C=O) groups is 1. The lowest BCUT2D eigenvalue weighted by Gasteiger charge is -2.26. The zero-order chi connectivity index (χ0) is 13.6. The highest BCUT2D eigenvalue weighted by Crippen LogP contribution is 2.29. The summed E-state index contributed by atoms with van der Waals surface area (Å²) < 4.78 is 1.10. The number of aliphatic carboxylic acids is 1. The maximum Gasteiger partial charge on any atom is 0.328 e. The molecule has 0 aromatic heterocycles. The molecule has 4 heteroatoms. The first-order valence-electron chi connectivity index (χ1n) is 5.78.